The van der Waals surface area contributed by atoms with E-state index in [0.717, 1.165) is 17.7 Å². The molecule has 3 aromatic carbocycles. The first-order valence-corrected chi connectivity index (χ1v) is 15.3. The maximum atomic E-state index is 13.5. The topological polar surface area (TPSA) is 186 Å². The molecule has 4 atom stereocenters. The number of amides is 5. The summed E-state index contributed by atoms with van der Waals surface area (Å²) in [5.74, 6) is -2.46. The fourth-order valence-corrected chi connectivity index (χ4v) is 5.35. The lowest BCUT2D eigenvalue weighted by Gasteiger charge is -2.25. The molecule has 0 saturated carbocycles. The van der Waals surface area contributed by atoms with Gasteiger partial charge in [-0.15, -0.1) is 0 Å². The van der Waals surface area contributed by atoms with Crippen LogP contribution in [0.5, 0.6) is 17.2 Å². The van der Waals surface area contributed by atoms with Gasteiger partial charge >= 0.3 is 0 Å². The maximum Gasteiger partial charge on any atom is 0.255 e. The maximum absolute atomic E-state index is 13.5. The van der Waals surface area contributed by atoms with Gasteiger partial charge in [-0.2, -0.15) is 0 Å². The van der Waals surface area contributed by atoms with Gasteiger partial charge in [-0.3, -0.25) is 24.0 Å². The fourth-order valence-electron chi connectivity index (χ4n) is 5.35. The molecule has 6 N–H and O–H groups in total. The van der Waals surface area contributed by atoms with E-state index in [1.54, 1.807) is 29.2 Å². The number of anilines is 1. The average molecular weight is 644 g/mol. The van der Waals surface area contributed by atoms with Crippen molar-refractivity contribution >= 4 is 35.2 Å². The van der Waals surface area contributed by atoms with Gasteiger partial charge in [0.15, 0.2) is 0 Å². The van der Waals surface area contributed by atoms with E-state index in [2.05, 4.69) is 21.3 Å². The monoisotopic (exact) mass is 643 g/mol. The zero-order valence-electron chi connectivity index (χ0n) is 26.0. The van der Waals surface area contributed by atoms with Crippen molar-refractivity contribution in [2.75, 3.05) is 11.4 Å². The van der Waals surface area contributed by atoms with Crippen molar-refractivity contribution < 1.29 is 38.9 Å². The van der Waals surface area contributed by atoms with Gasteiger partial charge in [0, 0.05) is 31.6 Å². The Hall–Kier alpha value is -5.43. The van der Waals surface area contributed by atoms with Crippen molar-refractivity contribution in [3.63, 3.8) is 0 Å². The normalized spacial score (nSPS) is 21.1. The summed E-state index contributed by atoms with van der Waals surface area (Å²) in [6.45, 7) is 3.55. The average Bonchev–Trinajstić information content (AvgIpc) is 3.48. The largest absolute Gasteiger partial charge is 0.507 e. The Balaban J connectivity index is 1.36. The van der Waals surface area contributed by atoms with E-state index >= 15 is 0 Å². The van der Waals surface area contributed by atoms with E-state index in [4.69, 9.17) is 4.74 Å². The molecule has 5 amide bonds. The van der Waals surface area contributed by atoms with Gasteiger partial charge in [-0.05, 0) is 73.9 Å². The zero-order chi connectivity index (χ0) is 33.7. The second-order valence-corrected chi connectivity index (χ2v) is 11.6. The molecule has 3 aliphatic rings. The summed E-state index contributed by atoms with van der Waals surface area (Å²) in [6, 6.07) is 14.5. The van der Waals surface area contributed by atoms with Crippen LogP contribution in [0.4, 0.5) is 5.69 Å². The molecule has 6 rings (SSSR count). The van der Waals surface area contributed by atoms with Crippen LogP contribution in [0.2, 0.25) is 0 Å². The molecule has 13 heteroatoms. The standard InChI is InChI=1S/C34H37N5O8/c1-19-31(43)37-27(33(45)35-18-22-5-9-23(10-6-22)39-15-3-4-29(39)42)16-21-7-11-24(12-8-21)47-25-13-14-28(41)26(17-25)32(44)38-30(20(2)40)34(46)36-19/h5-14,17,19-20,27,30,40-41H,3-4,15-16,18H2,1-2H3,(H,35,45)(H,36,46)(H,37,43)(H,38,44)/t19-,20+,27-,30-/m0/s1. The van der Waals surface area contributed by atoms with Gasteiger partial charge in [-0.25, -0.2) is 0 Å². The van der Waals surface area contributed by atoms with E-state index in [0.29, 0.717) is 24.3 Å². The number of hydrogen-bond donors (Lipinski definition) is 6. The summed E-state index contributed by atoms with van der Waals surface area (Å²) in [7, 11) is 0. The highest BCUT2D eigenvalue weighted by Gasteiger charge is 2.31. The van der Waals surface area contributed by atoms with E-state index < -0.39 is 47.9 Å². The van der Waals surface area contributed by atoms with Crippen LogP contribution in [0, 0.1) is 0 Å². The Bertz CT molecular complexity index is 1660. The second-order valence-electron chi connectivity index (χ2n) is 11.6. The van der Waals surface area contributed by atoms with Crippen LogP contribution in [0.15, 0.2) is 66.7 Å². The van der Waals surface area contributed by atoms with Crippen LogP contribution in [0.3, 0.4) is 0 Å². The molecular weight excluding hydrogens is 606 g/mol. The first kappa shape index (κ1) is 32.9. The zero-order valence-corrected chi connectivity index (χ0v) is 26.0. The number of phenols is 1. The first-order chi connectivity index (χ1) is 22.5. The van der Waals surface area contributed by atoms with Crippen LogP contribution in [-0.2, 0) is 32.1 Å². The number of fused-ring (bicyclic) bond motifs is 11. The molecule has 0 aliphatic carbocycles. The number of rotatable bonds is 5. The third-order valence-electron chi connectivity index (χ3n) is 8.04. The smallest absolute Gasteiger partial charge is 0.255 e. The summed E-state index contributed by atoms with van der Waals surface area (Å²) in [5, 5.41) is 31.0. The minimum atomic E-state index is -1.47. The Labute approximate surface area is 271 Å². The second kappa shape index (κ2) is 14.3. The van der Waals surface area contributed by atoms with Crippen LogP contribution in [-0.4, -0.2) is 70.5 Å². The number of phenolic OH excluding ortho intramolecular Hbond substituents is 1. The van der Waals surface area contributed by atoms with Gasteiger partial charge in [0.1, 0.15) is 35.4 Å². The van der Waals surface area contributed by atoms with Crippen molar-refractivity contribution in [3.05, 3.63) is 83.4 Å². The molecule has 1 saturated heterocycles. The molecule has 0 aromatic heterocycles. The predicted molar refractivity (Wildman–Crippen MR) is 171 cm³/mol. The molecule has 1 fully saturated rings. The summed E-state index contributed by atoms with van der Waals surface area (Å²) < 4.78 is 5.87. The third kappa shape index (κ3) is 8.05. The summed E-state index contributed by atoms with van der Waals surface area (Å²) in [6.07, 6.45) is 0.103. The number of aliphatic hydroxyl groups excluding tert-OH is 1. The molecule has 0 radical (unpaired) electrons. The number of aromatic hydroxyl groups is 1. The lowest BCUT2D eigenvalue weighted by atomic mass is 10.0. The molecule has 0 unspecified atom stereocenters. The number of ether oxygens (including phenoxy) is 1. The lowest BCUT2D eigenvalue weighted by Crippen LogP contribution is -2.58. The van der Waals surface area contributed by atoms with E-state index in [1.807, 2.05) is 24.3 Å². The van der Waals surface area contributed by atoms with Crippen LogP contribution in [0.25, 0.3) is 0 Å². The highest BCUT2D eigenvalue weighted by Crippen LogP contribution is 2.28. The van der Waals surface area contributed by atoms with E-state index in [9.17, 15) is 34.2 Å². The number of carbonyl (C=O) groups excluding carboxylic acids is 5. The van der Waals surface area contributed by atoms with Crippen LogP contribution in [0.1, 0.15) is 48.2 Å². The minimum Gasteiger partial charge on any atom is -0.507 e. The van der Waals surface area contributed by atoms with Gasteiger partial charge in [0.25, 0.3) is 5.91 Å². The van der Waals surface area contributed by atoms with Crippen molar-refractivity contribution in [2.24, 2.45) is 0 Å². The summed E-state index contributed by atoms with van der Waals surface area (Å²) in [5.41, 5.74) is 2.11. The lowest BCUT2D eigenvalue weighted by molar-refractivity contribution is -0.133. The van der Waals surface area contributed by atoms with Gasteiger partial charge in [-0.1, -0.05) is 24.3 Å². The Morgan fingerprint density at radius 2 is 1.66 bits per heavy atom. The van der Waals surface area contributed by atoms with Crippen molar-refractivity contribution in [2.45, 2.75) is 63.9 Å². The highest BCUT2D eigenvalue weighted by molar-refractivity contribution is 6.01. The van der Waals surface area contributed by atoms with Crippen LogP contribution < -0.4 is 30.9 Å². The molecule has 3 aliphatic heterocycles. The van der Waals surface area contributed by atoms with Gasteiger partial charge in [0.2, 0.25) is 23.6 Å². The predicted octanol–water partition coefficient (Wildman–Crippen LogP) is 1.65. The van der Waals surface area contributed by atoms with Gasteiger partial charge in [0.05, 0.1) is 11.7 Å². The Kier molecular flexibility index (Phi) is 10.0. The Morgan fingerprint density at radius 1 is 0.957 bits per heavy atom. The van der Waals surface area contributed by atoms with Crippen molar-refractivity contribution in [1.29, 1.82) is 0 Å². The van der Waals surface area contributed by atoms with Crippen molar-refractivity contribution in [3.8, 4) is 17.2 Å². The first-order valence-electron chi connectivity index (χ1n) is 15.3. The summed E-state index contributed by atoms with van der Waals surface area (Å²) in [4.78, 5) is 66.6. The number of aliphatic hydroxyl groups is 1. The quantitative estimate of drug-likeness (QED) is 0.227. The molecular formula is C34H37N5O8. The number of hydrogen-bond acceptors (Lipinski definition) is 8. The van der Waals surface area contributed by atoms with E-state index in [1.165, 1.54) is 32.0 Å². The Morgan fingerprint density at radius 3 is 2.32 bits per heavy atom. The SMILES string of the molecule is C[C@@H]1NC(=O)[C@H]([C@@H](C)O)NC(=O)c2cc(ccc2O)Oc2ccc(cc2)C[C@@H](C(=O)NCc2ccc(N3CCCC3=O)cc2)NC1=O. The number of benzene rings is 3. The number of nitrogens with one attached hydrogen (secondary N) is 4. The van der Waals surface area contributed by atoms with Gasteiger partial charge < -0.3 is 41.1 Å². The fraction of sp³-hybridized carbons (Fsp3) is 0.324. The minimum absolute atomic E-state index is 0.0819. The van der Waals surface area contributed by atoms with Crippen LogP contribution >= 0.6 is 0 Å². The molecule has 47 heavy (non-hydrogen) atoms. The summed E-state index contributed by atoms with van der Waals surface area (Å²) >= 11 is 0. The highest BCUT2D eigenvalue weighted by atomic mass is 16.5. The number of carbonyl (C=O) groups is 5. The molecule has 246 valence electrons. The van der Waals surface area contributed by atoms with Crippen molar-refractivity contribution in [1.82, 2.24) is 21.3 Å². The molecule has 3 aromatic rings. The molecule has 13 nitrogen and oxygen atoms in total. The molecule has 0 spiro atoms. The third-order valence-corrected chi connectivity index (χ3v) is 8.04. The molecule has 4 bridgehead atoms. The van der Waals surface area contributed by atoms with E-state index in [-0.39, 0.29) is 35.9 Å². The number of nitrogens with zero attached hydrogens (tertiary/aromatic N) is 1. The molecule has 3 heterocycles.